The van der Waals surface area contributed by atoms with Gasteiger partial charge in [-0.1, -0.05) is 18.5 Å². The summed E-state index contributed by atoms with van der Waals surface area (Å²) in [7, 11) is 0. The van der Waals surface area contributed by atoms with Crippen molar-refractivity contribution >= 4 is 29.3 Å². The van der Waals surface area contributed by atoms with Crippen molar-refractivity contribution in [2.45, 2.75) is 18.7 Å². The smallest absolute Gasteiger partial charge is 0.307 e. The predicted octanol–water partition coefficient (Wildman–Crippen LogP) is 3.60. The van der Waals surface area contributed by atoms with Gasteiger partial charge in [-0.05, 0) is 24.6 Å². The van der Waals surface area contributed by atoms with Gasteiger partial charge in [0, 0.05) is 10.6 Å². The van der Waals surface area contributed by atoms with Gasteiger partial charge in [-0.2, -0.15) is 0 Å². The molecule has 1 rings (SSSR count). The number of rotatable bonds is 4. The number of halogens is 2. The molecule has 0 saturated heterocycles. The van der Waals surface area contributed by atoms with Crippen LogP contribution in [0.4, 0.5) is 4.39 Å². The fourth-order valence-electron chi connectivity index (χ4n) is 1.02. The number of benzene rings is 1. The van der Waals surface area contributed by atoms with Crippen LogP contribution in [0.5, 0.6) is 0 Å². The maximum Gasteiger partial charge on any atom is 0.307 e. The van der Waals surface area contributed by atoms with Gasteiger partial charge in [-0.3, -0.25) is 4.79 Å². The summed E-state index contributed by atoms with van der Waals surface area (Å²) in [6, 6.07) is 2.89. The molecule has 0 heterocycles. The molecule has 0 amide bonds. The summed E-state index contributed by atoms with van der Waals surface area (Å²) in [5.74, 6) is -1.30. The zero-order valence-corrected chi connectivity index (χ0v) is 10.5. The molecule has 0 bridgehead atoms. The number of aliphatic carboxylic acids is 1. The van der Waals surface area contributed by atoms with Crippen LogP contribution in [-0.2, 0) is 4.79 Å². The lowest BCUT2D eigenvalue weighted by atomic mass is 10.2. The highest BCUT2D eigenvalue weighted by atomic mass is 35.5. The van der Waals surface area contributed by atoms with Crippen LogP contribution >= 0.6 is 23.4 Å². The third-order valence-corrected chi connectivity index (χ3v) is 3.86. The van der Waals surface area contributed by atoms with E-state index in [1.807, 2.05) is 0 Å². The number of thioether (sulfide) groups is 1. The molecule has 5 heteroatoms. The van der Waals surface area contributed by atoms with Crippen LogP contribution in [0.1, 0.15) is 12.5 Å². The minimum absolute atomic E-state index is 0.324. The molecular weight excluding hydrogens is 251 g/mol. The minimum Gasteiger partial charge on any atom is -0.481 e. The monoisotopic (exact) mass is 262 g/mol. The summed E-state index contributed by atoms with van der Waals surface area (Å²) in [6.07, 6.45) is 0. The molecule has 88 valence electrons. The van der Waals surface area contributed by atoms with Crippen molar-refractivity contribution in [1.82, 2.24) is 0 Å². The Morgan fingerprint density at radius 1 is 1.62 bits per heavy atom. The highest BCUT2D eigenvalue weighted by Gasteiger charge is 2.13. The zero-order chi connectivity index (χ0) is 12.3. The lowest BCUT2D eigenvalue weighted by molar-refractivity contribution is -0.140. The van der Waals surface area contributed by atoms with E-state index in [4.69, 9.17) is 16.7 Å². The van der Waals surface area contributed by atoms with Crippen LogP contribution < -0.4 is 0 Å². The third kappa shape index (κ3) is 3.39. The SMILES string of the molecule is Cc1cc(Cl)c(SCC(C)C(=O)O)cc1F. The Hall–Kier alpha value is -0.740. The van der Waals surface area contributed by atoms with E-state index in [2.05, 4.69) is 0 Å². The maximum absolute atomic E-state index is 13.3. The van der Waals surface area contributed by atoms with Crippen LogP contribution in [0, 0.1) is 18.7 Å². The third-order valence-electron chi connectivity index (χ3n) is 2.12. The van der Waals surface area contributed by atoms with E-state index in [9.17, 15) is 9.18 Å². The van der Waals surface area contributed by atoms with Crippen LogP contribution in [0.3, 0.4) is 0 Å². The van der Waals surface area contributed by atoms with Gasteiger partial charge in [-0.25, -0.2) is 4.39 Å². The van der Waals surface area contributed by atoms with Gasteiger partial charge >= 0.3 is 5.97 Å². The molecule has 1 unspecified atom stereocenters. The number of hydrogen-bond donors (Lipinski definition) is 1. The molecule has 0 aliphatic carbocycles. The van der Waals surface area contributed by atoms with E-state index in [1.165, 1.54) is 17.8 Å². The van der Waals surface area contributed by atoms with E-state index in [0.717, 1.165) is 0 Å². The van der Waals surface area contributed by atoms with Crippen molar-refractivity contribution in [3.63, 3.8) is 0 Å². The molecule has 0 saturated carbocycles. The van der Waals surface area contributed by atoms with E-state index in [1.54, 1.807) is 19.9 Å². The topological polar surface area (TPSA) is 37.3 Å². The first-order valence-corrected chi connectivity index (χ1v) is 6.09. The summed E-state index contributed by atoms with van der Waals surface area (Å²) in [6.45, 7) is 3.24. The second-order valence-electron chi connectivity index (χ2n) is 3.58. The van der Waals surface area contributed by atoms with E-state index in [-0.39, 0.29) is 5.82 Å². The number of carbonyl (C=O) groups is 1. The molecule has 1 atom stereocenters. The Balaban J connectivity index is 2.74. The number of hydrogen-bond acceptors (Lipinski definition) is 2. The van der Waals surface area contributed by atoms with Crippen molar-refractivity contribution in [1.29, 1.82) is 0 Å². The quantitative estimate of drug-likeness (QED) is 0.843. The molecule has 0 aromatic heterocycles. The Morgan fingerprint density at radius 2 is 2.25 bits per heavy atom. The second-order valence-corrected chi connectivity index (χ2v) is 5.05. The van der Waals surface area contributed by atoms with Gasteiger partial charge in [0.2, 0.25) is 0 Å². The van der Waals surface area contributed by atoms with E-state index >= 15 is 0 Å². The summed E-state index contributed by atoms with van der Waals surface area (Å²) in [4.78, 5) is 11.2. The Bertz CT molecular complexity index is 409. The Kier molecular flexibility index (Phi) is 4.62. The lowest BCUT2D eigenvalue weighted by Gasteiger charge is -2.08. The molecule has 0 radical (unpaired) electrons. The van der Waals surface area contributed by atoms with Gasteiger partial charge < -0.3 is 5.11 Å². The van der Waals surface area contributed by atoms with Crippen LogP contribution in [0.2, 0.25) is 5.02 Å². The van der Waals surface area contributed by atoms with Crippen molar-refractivity contribution in [2.75, 3.05) is 5.75 Å². The molecule has 1 N–H and O–H groups in total. The molecule has 0 aliphatic rings. The molecule has 2 nitrogen and oxygen atoms in total. The molecule has 0 spiro atoms. The zero-order valence-electron chi connectivity index (χ0n) is 8.96. The summed E-state index contributed by atoms with van der Waals surface area (Å²) in [5, 5.41) is 9.17. The first-order chi connectivity index (χ1) is 7.41. The van der Waals surface area contributed by atoms with Crippen molar-refractivity contribution < 1.29 is 14.3 Å². The van der Waals surface area contributed by atoms with Crippen LogP contribution in [-0.4, -0.2) is 16.8 Å². The van der Waals surface area contributed by atoms with Crippen LogP contribution in [0.15, 0.2) is 17.0 Å². The van der Waals surface area contributed by atoms with Crippen molar-refractivity contribution in [3.8, 4) is 0 Å². The van der Waals surface area contributed by atoms with Gasteiger partial charge in [-0.15, -0.1) is 11.8 Å². The number of aryl methyl sites for hydroxylation is 1. The van der Waals surface area contributed by atoms with Crippen LogP contribution in [0.25, 0.3) is 0 Å². The molecular formula is C11H12ClFO2S. The minimum atomic E-state index is -0.865. The summed E-state index contributed by atoms with van der Waals surface area (Å²) < 4.78 is 13.3. The lowest BCUT2D eigenvalue weighted by Crippen LogP contribution is -2.11. The first-order valence-electron chi connectivity index (χ1n) is 4.73. The van der Waals surface area contributed by atoms with Crippen molar-refractivity contribution in [3.05, 3.63) is 28.5 Å². The average molecular weight is 263 g/mol. The standard InChI is InChI=1S/C11H12ClFO2S/c1-6-3-8(12)10(4-9(6)13)16-5-7(2)11(14)15/h3-4,7H,5H2,1-2H3,(H,14,15). The highest BCUT2D eigenvalue weighted by molar-refractivity contribution is 7.99. The molecule has 1 aromatic carbocycles. The predicted molar refractivity (Wildman–Crippen MR) is 63.7 cm³/mol. The first kappa shape index (κ1) is 13.3. The summed E-state index contributed by atoms with van der Waals surface area (Å²) in [5.41, 5.74) is 0.487. The van der Waals surface area contributed by atoms with Crippen molar-refractivity contribution in [2.24, 2.45) is 5.92 Å². The number of carboxylic acids is 1. The summed E-state index contributed by atoms with van der Waals surface area (Å²) >= 11 is 7.18. The fourth-order valence-corrected chi connectivity index (χ4v) is 2.36. The Morgan fingerprint density at radius 3 is 2.81 bits per heavy atom. The second kappa shape index (κ2) is 5.55. The Labute approximate surface area is 103 Å². The highest BCUT2D eigenvalue weighted by Crippen LogP contribution is 2.30. The van der Waals surface area contributed by atoms with E-state index in [0.29, 0.717) is 21.2 Å². The van der Waals surface area contributed by atoms with Gasteiger partial charge in [0.25, 0.3) is 0 Å². The average Bonchev–Trinajstić information content (AvgIpc) is 2.20. The van der Waals surface area contributed by atoms with Gasteiger partial charge in [0.15, 0.2) is 0 Å². The van der Waals surface area contributed by atoms with E-state index < -0.39 is 11.9 Å². The fraction of sp³-hybridized carbons (Fsp3) is 0.364. The largest absolute Gasteiger partial charge is 0.481 e. The molecule has 0 aliphatic heterocycles. The number of carboxylic acid groups (broad SMARTS) is 1. The van der Waals surface area contributed by atoms with Gasteiger partial charge in [0.05, 0.1) is 10.9 Å². The molecule has 1 aromatic rings. The molecule has 0 fully saturated rings. The maximum atomic E-state index is 13.3. The molecule has 16 heavy (non-hydrogen) atoms. The van der Waals surface area contributed by atoms with Gasteiger partial charge in [0.1, 0.15) is 5.82 Å². The normalized spacial score (nSPS) is 12.5.